The van der Waals surface area contributed by atoms with Gasteiger partial charge in [0.25, 0.3) is 5.56 Å². The molecule has 3 aromatic heterocycles. The van der Waals surface area contributed by atoms with Gasteiger partial charge >= 0.3 is 0 Å². The maximum atomic E-state index is 13.0. The minimum atomic E-state index is -0.282. The lowest BCUT2D eigenvalue weighted by Crippen LogP contribution is -2.21. The van der Waals surface area contributed by atoms with Crippen LogP contribution >= 0.6 is 0 Å². The first-order chi connectivity index (χ1) is 12.7. The second-order valence-electron chi connectivity index (χ2n) is 5.85. The van der Waals surface area contributed by atoms with Crippen LogP contribution in [0.4, 0.5) is 4.39 Å². The summed E-state index contributed by atoms with van der Waals surface area (Å²) in [6.07, 6.45) is 8.89. The van der Waals surface area contributed by atoms with Crippen LogP contribution in [-0.2, 0) is 6.54 Å². The third kappa shape index (κ3) is 3.30. The van der Waals surface area contributed by atoms with Crippen LogP contribution in [0.2, 0.25) is 0 Å². The molecule has 0 aliphatic heterocycles. The number of aromatic nitrogens is 4. The van der Waals surface area contributed by atoms with Crippen LogP contribution in [0.3, 0.4) is 0 Å². The molecule has 3 heterocycles. The van der Waals surface area contributed by atoms with Crippen LogP contribution in [0.1, 0.15) is 16.8 Å². The maximum absolute atomic E-state index is 13.0. The predicted molar refractivity (Wildman–Crippen MR) is 98.1 cm³/mol. The Balaban J connectivity index is 1.66. The number of nitrogens with zero attached hydrogens (tertiary/aromatic N) is 4. The van der Waals surface area contributed by atoms with Crippen LogP contribution < -0.4 is 5.56 Å². The Hall–Kier alpha value is -3.54. The van der Waals surface area contributed by atoms with Gasteiger partial charge in [-0.15, -0.1) is 0 Å². The summed E-state index contributed by atoms with van der Waals surface area (Å²) >= 11 is 0. The molecule has 0 spiro atoms. The molecule has 0 amide bonds. The molecule has 4 aromatic rings. The first-order valence-electron chi connectivity index (χ1n) is 8.11. The Morgan fingerprint density at radius 3 is 2.69 bits per heavy atom. The van der Waals surface area contributed by atoms with E-state index in [1.807, 2.05) is 18.2 Å². The fourth-order valence-corrected chi connectivity index (χ4v) is 2.74. The monoisotopic (exact) mass is 346 g/mol. The van der Waals surface area contributed by atoms with Gasteiger partial charge < -0.3 is 0 Å². The molecule has 6 heteroatoms. The van der Waals surface area contributed by atoms with Gasteiger partial charge in [-0.2, -0.15) is 4.52 Å². The third-order valence-corrected chi connectivity index (χ3v) is 3.98. The molecule has 0 saturated heterocycles. The van der Waals surface area contributed by atoms with E-state index in [1.54, 1.807) is 47.5 Å². The maximum Gasteiger partial charge on any atom is 0.273 e. The molecular weight excluding hydrogens is 331 g/mol. The highest BCUT2D eigenvalue weighted by molar-refractivity contribution is 5.68. The van der Waals surface area contributed by atoms with Crippen LogP contribution in [0, 0.1) is 5.82 Å². The standard InChI is InChI=1S/C20H15FN4O/c21-17-6-3-16(4-7-17)14-24-11-9-19-23-18(12-20(26)25(19)24)8-5-15-2-1-10-22-13-15/h1-13H,14H2/b8-5+. The first kappa shape index (κ1) is 16.0. The zero-order chi connectivity index (χ0) is 17.9. The molecule has 0 unspecified atom stereocenters. The fourth-order valence-electron chi connectivity index (χ4n) is 2.74. The highest BCUT2D eigenvalue weighted by Gasteiger charge is 2.06. The van der Waals surface area contributed by atoms with Crippen LogP contribution in [0.5, 0.6) is 0 Å². The van der Waals surface area contributed by atoms with Crippen molar-refractivity contribution in [1.82, 2.24) is 19.2 Å². The molecule has 26 heavy (non-hydrogen) atoms. The van der Waals surface area contributed by atoms with Crippen molar-refractivity contribution >= 4 is 17.8 Å². The van der Waals surface area contributed by atoms with Crippen molar-refractivity contribution in [1.29, 1.82) is 0 Å². The Bertz CT molecular complexity index is 1130. The zero-order valence-electron chi connectivity index (χ0n) is 13.8. The summed E-state index contributed by atoms with van der Waals surface area (Å²) in [6.45, 7) is 0.455. The van der Waals surface area contributed by atoms with Gasteiger partial charge in [0.05, 0.1) is 12.2 Å². The van der Waals surface area contributed by atoms with Crippen molar-refractivity contribution in [3.8, 4) is 0 Å². The topological polar surface area (TPSA) is 52.2 Å². The summed E-state index contributed by atoms with van der Waals surface area (Å²) in [6, 6.07) is 13.3. The van der Waals surface area contributed by atoms with E-state index in [4.69, 9.17) is 0 Å². The third-order valence-electron chi connectivity index (χ3n) is 3.98. The molecule has 4 rings (SSSR count). The van der Waals surface area contributed by atoms with E-state index in [1.165, 1.54) is 22.7 Å². The summed E-state index contributed by atoms with van der Waals surface area (Å²) in [5, 5.41) is 0. The summed E-state index contributed by atoms with van der Waals surface area (Å²) in [7, 11) is 0. The molecule has 0 N–H and O–H groups in total. The quantitative estimate of drug-likeness (QED) is 0.570. The van der Waals surface area contributed by atoms with E-state index < -0.39 is 0 Å². The normalized spacial score (nSPS) is 11.4. The number of hydrogen-bond donors (Lipinski definition) is 0. The lowest BCUT2D eigenvalue weighted by Gasteiger charge is -2.07. The van der Waals surface area contributed by atoms with Gasteiger partial charge in [0.15, 0.2) is 5.65 Å². The molecule has 1 aromatic carbocycles. The van der Waals surface area contributed by atoms with Gasteiger partial charge in [-0.3, -0.25) is 14.5 Å². The first-order valence-corrected chi connectivity index (χ1v) is 8.11. The minimum Gasteiger partial charge on any atom is -0.279 e. The van der Waals surface area contributed by atoms with Gasteiger partial charge in [0.2, 0.25) is 0 Å². The average molecular weight is 346 g/mol. The molecule has 5 nitrogen and oxygen atoms in total. The number of pyridine rings is 1. The Morgan fingerprint density at radius 1 is 1.08 bits per heavy atom. The lowest BCUT2D eigenvalue weighted by molar-refractivity contribution is 0.611. The van der Waals surface area contributed by atoms with E-state index >= 15 is 0 Å². The second-order valence-corrected chi connectivity index (χ2v) is 5.85. The largest absolute Gasteiger partial charge is 0.279 e. The van der Waals surface area contributed by atoms with Crippen molar-refractivity contribution in [3.05, 3.63) is 100 Å². The molecule has 0 atom stereocenters. The summed E-state index contributed by atoms with van der Waals surface area (Å²) < 4.78 is 16.3. The van der Waals surface area contributed by atoms with Crippen molar-refractivity contribution in [2.45, 2.75) is 6.54 Å². The van der Waals surface area contributed by atoms with Crippen LogP contribution in [-0.4, -0.2) is 19.2 Å². The van der Waals surface area contributed by atoms with Gasteiger partial charge in [-0.05, 0) is 35.4 Å². The summed E-state index contributed by atoms with van der Waals surface area (Å²) in [5.74, 6) is -0.282. The van der Waals surface area contributed by atoms with Gasteiger partial charge in [0.1, 0.15) is 5.82 Å². The smallest absolute Gasteiger partial charge is 0.273 e. The summed E-state index contributed by atoms with van der Waals surface area (Å²) in [4.78, 5) is 21.1. The van der Waals surface area contributed by atoms with Crippen molar-refractivity contribution < 1.29 is 4.39 Å². The van der Waals surface area contributed by atoms with E-state index in [0.717, 1.165) is 11.1 Å². The number of halogens is 1. The Labute approximate surface area is 148 Å². The Morgan fingerprint density at radius 2 is 1.92 bits per heavy atom. The summed E-state index contributed by atoms with van der Waals surface area (Å²) in [5.41, 5.74) is 2.80. The van der Waals surface area contributed by atoms with Crippen molar-refractivity contribution in [2.75, 3.05) is 0 Å². The molecular formula is C20H15FN4O. The fraction of sp³-hybridized carbons (Fsp3) is 0.0500. The average Bonchev–Trinajstić information content (AvgIpc) is 3.06. The van der Waals surface area contributed by atoms with Crippen molar-refractivity contribution in [3.63, 3.8) is 0 Å². The van der Waals surface area contributed by atoms with Crippen LogP contribution in [0.25, 0.3) is 17.8 Å². The van der Waals surface area contributed by atoms with E-state index in [0.29, 0.717) is 17.9 Å². The molecule has 128 valence electrons. The number of benzene rings is 1. The number of fused-ring (bicyclic) bond motifs is 1. The number of hydrogen-bond acceptors (Lipinski definition) is 3. The SMILES string of the molecule is O=c1cc(/C=C/c2cccnc2)nc2ccn(Cc3ccc(F)cc3)n12. The Kier molecular flexibility index (Phi) is 4.15. The van der Waals surface area contributed by atoms with Gasteiger partial charge in [-0.25, -0.2) is 9.37 Å². The van der Waals surface area contributed by atoms with Gasteiger partial charge in [-0.1, -0.05) is 24.3 Å². The highest BCUT2D eigenvalue weighted by Crippen LogP contribution is 2.09. The molecule has 0 fully saturated rings. The second kappa shape index (κ2) is 6.76. The lowest BCUT2D eigenvalue weighted by atomic mass is 10.2. The highest BCUT2D eigenvalue weighted by atomic mass is 19.1. The molecule has 0 aliphatic rings. The van der Waals surface area contributed by atoms with E-state index in [-0.39, 0.29) is 11.4 Å². The minimum absolute atomic E-state index is 0.173. The molecule has 0 bridgehead atoms. The zero-order valence-corrected chi connectivity index (χ0v) is 13.8. The predicted octanol–water partition coefficient (Wildman–Crippen LogP) is 3.25. The van der Waals surface area contributed by atoms with Gasteiger partial charge in [0, 0.05) is 30.7 Å². The van der Waals surface area contributed by atoms with Crippen LogP contribution in [0.15, 0.2) is 71.9 Å². The molecule has 0 radical (unpaired) electrons. The van der Waals surface area contributed by atoms with Crippen molar-refractivity contribution in [2.24, 2.45) is 0 Å². The molecule has 0 saturated carbocycles. The molecule has 0 aliphatic carbocycles. The number of rotatable bonds is 4. The van der Waals surface area contributed by atoms with E-state index in [2.05, 4.69) is 9.97 Å². The van der Waals surface area contributed by atoms with E-state index in [9.17, 15) is 9.18 Å².